The fourth-order valence-electron chi connectivity index (χ4n) is 1.97. The van der Waals surface area contributed by atoms with E-state index in [0.29, 0.717) is 0 Å². The maximum Gasteiger partial charge on any atom is 0.0545 e. The van der Waals surface area contributed by atoms with Gasteiger partial charge in [-0.1, -0.05) is 47.6 Å². The highest BCUT2D eigenvalue weighted by molar-refractivity contribution is 7.99. The standard InChI is InChI=1S/C17H21ClN2S/c1-20(2)13-7-12-19-15-9-4-6-11-17(15)21-16-10-5-3-8-14(16)18/h3-6,8-11,19H,7,12-13H2,1-2H3. The maximum absolute atomic E-state index is 6.24. The SMILES string of the molecule is CN(C)CCCNc1ccccc1Sc1ccccc1Cl. The molecule has 2 aromatic rings. The number of hydrogen-bond donors (Lipinski definition) is 1. The molecule has 0 amide bonds. The molecule has 0 saturated carbocycles. The molecule has 0 aliphatic heterocycles. The summed E-state index contributed by atoms with van der Waals surface area (Å²) in [6.07, 6.45) is 1.12. The number of benzene rings is 2. The molecule has 4 heteroatoms. The summed E-state index contributed by atoms with van der Waals surface area (Å²) in [6.45, 7) is 2.06. The van der Waals surface area contributed by atoms with Crippen molar-refractivity contribution in [2.24, 2.45) is 0 Å². The fraction of sp³-hybridized carbons (Fsp3) is 0.294. The van der Waals surface area contributed by atoms with Crippen molar-refractivity contribution in [1.82, 2.24) is 4.90 Å². The highest BCUT2D eigenvalue weighted by Gasteiger charge is 2.06. The first-order valence-electron chi connectivity index (χ1n) is 7.07. The zero-order chi connectivity index (χ0) is 15.1. The van der Waals surface area contributed by atoms with Crippen LogP contribution < -0.4 is 5.32 Å². The van der Waals surface area contributed by atoms with E-state index in [1.54, 1.807) is 11.8 Å². The third-order valence-corrected chi connectivity index (χ3v) is 4.63. The minimum atomic E-state index is 0.796. The molecular weight excluding hydrogens is 300 g/mol. The van der Waals surface area contributed by atoms with Gasteiger partial charge in [-0.25, -0.2) is 0 Å². The van der Waals surface area contributed by atoms with Gasteiger partial charge in [-0.2, -0.15) is 0 Å². The quantitative estimate of drug-likeness (QED) is 0.734. The van der Waals surface area contributed by atoms with Crippen LogP contribution in [0.25, 0.3) is 0 Å². The van der Waals surface area contributed by atoms with Crippen molar-refractivity contribution in [2.45, 2.75) is 16.2 Å². The molecule has 0 bridgehead atoms. The average Bonchev–Trinajstić information content (AvgIpc) is 2.47. The number of halogens is 1. The zero-order valence-corrected chi connectivity index (χ0v) is 14.0. The van der Waals surface area contributed by atoms with Crippen molar-refractivity contribution in [3.8, 4) is 0 Å². The van der Waals surface area contributed by atoms with Crippen molar-refractivity contribution in [3.05, 3.63) is 53.6 Å². The molecule has 0 aliphatic carbocycles. The Balaban J connectivity index is 2.01. The average molecular weight is 321 g/mol. The summed E-state index contributed by atoms with van der Waals surface area (Å²) < 4.78 is 0. The molecule has 0 atom stereocenters. The van der Waals surface area contributed by atoms with Crippen LogP contribution in [0, 0.1) is 0 Å². The first-order chi connectivity index (χ1) is 10.2. The van der Waals surface area contributed by atoms with Gasteiger partial charge in [0, 0.05) is 22.0 Å². The second-order valence-corrected chi connectivity index (χ2v) is 6.60. The van der Waals surface area contributed by atoms with Crippen molar-refractivity contribution < 1.29 is 0 Å². The van der Waals surface area contributed by atoms with Crippen LogP contribution in [-0.2, 0) is 0 Å². The Morgan fingerprint density at radius 1 is 1.00 bits per heavy atom. The van der Waals surface area contributed by atoms with E-state index in [1.165, 1.54) is 10.6 Å². The molecule has 0 radical (unpaired) electrons. The number of nitrogens with zero attached hydrogens (tertiary/aromatic N) is 1. The molecule has 2 aromatic carbocycles. The van der Waals surface area contributed by atoms with E-state index in [0.717, 1.165) is 29.4 Å². The molecule has 0 unspecified atom stereocenters. The zero-order valence-electron chi connectivity index (χ0n) is 12.5. The van der Waals surface area contributed by atoms with Gasteiger partial charge in [-0.15, -0.1) is 0 Å². The van der Waals surface area contributed by atoms with Crippen molar-refractivity contribution in [3.63, 3.8) is 0 Å². The molecule has 0 aliphatic rings. The number of para-hydroxylation sites is 1. The van der Waals surface area contributed by atoms with Crippen LogP contribution in [0.1, 0.15) is 6.42 Å². The van der Waals surface area contributed by atoms with E-state index in [4.69, 9.17) is 11.6 Å². The lowest BCUT2D eigenvalue weighted by atomic mass is 10.3. The van der Waals surface area contributed by atoms with Crippen LogP contribution >= 0.6 is 23.4 Å². The molecule has 0 heterocycles. The predicted molar refractivity (Wildman–Crippen MR) is 93.7 cm³/mol. The Labute approximate surface area is 136 Å². The molecule has 0 spiro atoms. The lowest BCUT2D eigenvalue weighted by molar-refractivity contribution is 0.405. The molecule has 21 heavy (non-hydrogen) atoms. The molecule has 2 rings (SSSR count). The van der Waals surface area contributed by atoms with Gasteiger partial charge in [0.2, 0.25) is 0 Å². The third-order valence-electron chi connectivity index (χ3n) is 3.04. The number of rotatable bonds is 7. The van der Waals surface area contributed by atoms with Gasteiger partial charge in [-0.3, -0.25) is 0 Å². The Hall–Kier alpha value is -1.16. The second kappa shape index (κ2) is 8.32. The number of nitrogens with one attached hydrogen (secondary N) is 1. The minimum absolute atomic E-state index is 0.796. The largest absolute Gasteiger partial charge is 0.384 e. The summed E-state index contributed by atoms with van der Waals surface area (Å²) in [4.78, 5) is 4.49. The van der Waals surface area contributed by atoms with E-state index in [-0.39, 0.29) is 0 Å². The van der Waals surface area contributed by atoms with Crippen LogP contribution in [0.4, 0.5) is 5.69 Å². The smallest absolute Gasteiger partial charge is 0.0545 e. The lowest BCUT2D eigenvalue weighted by Gasteiger charge is -2.13. The Morgan fingerprint density at radius 2 is 1.67 bits per heavy atom. The van der Waals surface area contributed by atoms with E-state index < -0.39 is 0 Å². The van der Waals surface area contributed by atoms with Crippen LogP contribution in [0.3, 0.4) is 0 Å². The Morgan fingerprint density at radius 3 is 2.38 bits per heavy atom. The van der Waals surface area contributed by atoms with Crippen LogP contribution in [-0.4, -0.2) is 32.1 Å². The van der Waals surface area contributed by atoms with Gasteiger partial charge in [-0.05, 0) is 51.3 Å². The van der Waals surface area contributed by atoms with Crippen LogP contribution in [0.2, 0.25) is 5.02 Å². The van der Waals surface area contributed by atoms with E-state index >= 15 is 0 Å². The van der Waals surface area contributed by atoms with E-state index in [9.17, 15) is 0 Å². The van der Waals surface area contributed by atoms with Gasteiger partial charge >= 0.3 is 0 Å². The van der Waals surface area contributed by atoms with Crippen molar-refractivity contribution in [2.75, 3.05) is 32.5 Å². The first kappa shape index (κ1) is 16.2. The fourth-order valence-corrected chi connectivity index (χ4v) is 3.16. The summed E-state index contributed by atoms with van der Waals surface area (Å²) in [7, 11) is 4.20. The normalized spacial score (nSPS) is 10.9. The Bertz CT molecular complexity index is 572. The summed E-state index contributed by atoms with van der Waals surface area (Å²) in [6, 6.07) is 16.3. The topological polar surface area (TPSA) is 15.3 Å². The van der Waals surface area contributed by atoms with Gasteiger partial charge in [0.25, 0.3) is 0 Å². The summed E-state index contributed by atoms with van der Waals surface area (Å²) in [5.41, 5.74) is 1.17. The molecule has 2 nitrogen and oxygen atoms in total. The molecule has 0 fully saturated rings. The van der Waals surface area contributed by atoms with Gasteiger partial charge in [0.1, 0.15) is 0 Å². The van der Waals surface area contributed by atoms with E-state index in [1.807, 2.05) is 18.2 Å². The van der Waals surface area contributed by atoms with Gasteiger partial charge in [0.05, 0.1) is 5.02 Å². The molecular formula is C17H21ClN2S. The third kappa shape index (κ3) is 5.27. The molecule has 0 saturated heterocycles. The molecule has 112 valence electrons. The van der Waals surface area contributed by atoms with Gasteiger partial charge < -0.3 is 10.2 Å². The summed E-state index contributed by atoms with van der Waals surface area (Å²) >= 11 is 7.94. The number of anilines is 1. The van der Waals surface area contributed by atoms with Gasteiger partial charge in [0.15, 0.2) is 0 Å². The summed E-state index contributed by atoms with van der Waals surface area (Å²) in [5.74, 6) is 0. The Kier molecular flexibility index (Phi) is 6.43. The highest BCUT2D eigenvalue weighted by Crippen LogP contribution is 2.36. The lowest BCUT2D eigenvalue weighted by Crippen LogP contribution is -2.16. The number of hydrogen-bond acceptors (Lipinski definition) is 3. The highest BCUT2D eigenvalue weighted by atomic mass is 35.5. The summed E-state index contributed by atoms with van der Waals surface area (Å²) in [5, 5.41) is 4.31. The van der Waals surface area contributed by atoms with Crippen molar-refractivity contribution in [1.29, 1.82) is 0 Å². The van der Waals surface area contributed by atoms with E-state index in [2.05, 4.69) is 54.6 Å². The minimum Gasteiger partial charge on any atom is -0.384 e. The second-order valence-electron chi connectivity index (χ2n) is 5.11. The van der Waals surface area contributed by atoms with Crippen LogP contribution in [0.15, 0.2) is 58.3 Å². The predicted octanol–water partition coefficient (Wildman–Crippen LogP) is 4.85. The monoisotopic (exact) mass is 320 g/mol. The van der Waals surface area contributed by atoms with Crippen molar-refractivity contribution >= 4 is 29.1 Å². The maximum atomic E-state index is 6.24. The molecule has 0 aromatic heterocycles. The molecule has 1 N–H and O–H groups in total. The van der Waals surface area contributed by atoms with Crippen LogP contribution in [0.5, 0.6) is 0 Å². The first-order valence-corrected chi connectivity index (χ1v) is 8.26.